The van der Waals surface area contributed by atoms with E-state index >= 15 is 0 Å². The fraction of sp³-hybridized carbons (Fsp3) is 0.417. The van der Waals surface area contributed by atoms with Crippen LogP contribution in [0.5, 0.6) is 0 Å². The van der Waals surface area contributed by atoms with Crippen molar-refractivity contribution in [2.24, 2.45) is 0 Å². The Morgan fingerprint density at radius 2 is 1.81 bits per heavy atom. The zero-order valence-corrected chi connectivity index (χ0v) is 19.3. The van der Waals surface area contributed by atoms with Gasteiger partial charge in [0.25, 0.3) is 0 Å². The van der Waals surface area contributed by atoms with Crippen LogP contribution in [0.3, 0.4) is 0 Å². The van der Waals surface area contributed by atoms with E-state index in [1.165, 1.54) is 27.3 Å². The maximum Gasteiger partial charge on any atom is 0.243 e. The first-order chi connectivity index (χ1) is 15.3. The fourth-order valence-corrected chi connectivity index (χ4v) is 6.16. The lowest BCUT2D eigenvalue weighted by Crippen LogP contribution is -2.47. The average molecular weight is 456 g/mol. The van der Waals surface area contributed by atoms with Crippen LogP contribution in [0.2, 0.25) is 0 Å². The summed E-state index contributed by atoms with van der Waals surface area (Å²) in [7, 11) is -3.56. The zero-order chi connectivity index (χ0) is 22.9. The molecule has 2 aromatic carbocycles. The molecule has 2 heterocycles. The number of rotatable bonds is 6. The summed E-state index contributed by atoms with van der Waals surface area (Å²) in [4.78, 5) is 27.0. The molecule has 0 spiro atoms. The highest BCUT2D eigenvalue weighted by Gasteiger charge is 2.38. The first kappa shape index (κ1) is 22.5. The molecule has 1 N–H and O–H groups in total. The molecule has 1 fully saturated rings. The Balaban J connectivity index is 1.50. The summed E-state index contributed by atoms with van der Waals surface area (Å²) in [5, 5.41) is 2.95. The number of hydrogen-bond acceptors (Lipinski definition) is 4. The van der Waals surface area contributed by atoms with Crippen molar-refractivity contribution in [3.8, 4) is 0 Å². The summed E-state index contributed by atoms with van der Waals surface area (Å²) in [5.74, 6) is -0.466. The SMILES string of the molecule is CC(=O)N1c2ccc(S(=O)(=O)N3CCCC3)cc2C[C@H]1C(=O)NCCc1ccccc1C. The summed E-state index contributed by atoms with van der Waals surface area (Å²) in [5.41, 5.74) is 3.66. The Morgan fingerprint density at radius 3 is 2.50 bits per heavy atom. The van der Waals surface area contributed by atoms with Gasteiger partial charge in [0.2, 0.25) is 21.8 Å². The van der Waals surface area contributed by atoms with E-state index in [0.29, 0.717) is 43.7 Å². The number of sulfonamides is 1. The predicted octanol–water partition coefficient (Wildman–Crippen LogP) is 2.42. The molecule has 1 atom stereocenters. The molecule has 2 amide bonds. The van der Waals surface area contributed by atoms with Crippen molar-refractivity contribution in [2.75, 3.05) is 24.5 Å². The molecule has 0 aliphatic carbocycles. The number of fused-ring (bicyclic) bond motifs is 1. The number of anilines is 1. The number of carbonyl (C=O) groups excluding carboxylic acids is 2. The number of nitrogens with one attached hydrogen (secondary N) is 1. The molecule has 0 radical (unpaired) electrons. The van der Waals surface area contributed by atoms with Gasteiger partial charge >= 0.3 is 0 Å². The molecule has 2 aliphatic heterocycles. The second-order valence-corrected chi connectivity index (χ2v) is 10.4. The molecule has 7 nitrogen and oxygen atoms in total. The van der Waals surface area contributed by atoms with Gasteiger partial charge in [-0.3, -0.25) is 14.5 Å². The van der Waals surface area contributed by atoms with Crippen LogP contribution < -0.4 is 10.2 Å². The van der Waals surface area contributed by atoms with Crippen LogP contribution in [-0.2, 0) is 32.5 Å². The van der Waals surface area contributed by atoms with Crippen LogP contribution in [0.4, 0.5) is 5.69 Å². The molecule has 1 saturated heterocycles. The standard InChI is InChI=1S/C24H29N3O4S/c1-17-7-3-4-8-19(17)11-12-25-24(29)23-16-20-15-21(9-10-22(20)27(23)18(2)28)32(30,31)26-13-5-6-14-26/h3-4,7-10,15,23H,5-6,11-14,16H2,1-2H3,(H,25,29)/t23-/m0/s1. The average Bonchev–Trinajstić information content (AvgIpc) is 3.43. The van der Waals surface area contributed by atoms with E-state index in [0.717, 1.165) is 12.8 Å². The van der Waals surface area contributed by atoms with Crippen molar-refractivity contribution >= 4 is 27.5 Å². The monoisotopic (exact) mass is 455 g/mol. The zero-order valence-electron chi connectivity index (χ0n) is 18.5. The van der Waals surface area contributed by atoms with E-state index in [1.807, 2.05) is 31.2 Å². The van der Waals surface area contributed by atoms with Gasteiger partial charge in [0, 0.05) is 38.7 Å². The third kappa shape index (κ3) is 4.29. The Labute approximate surface area is 189 Å². The summed E-state index contributed by atoms with van der Waals surface area (Å²) >= 11 is 0. The fourth-order valence-electron chi connectivity index (χ4n) is 4.59. The molecule has 0 unspecified atom stereocenters. The lowest BCUT2D eigenvalue weighted by atomic mass is 10.1. The number of aryl methyl sites for hydroxylation is 1. The third-order valence-electron chi connectivity index (χ3n) is 6.33. The van der Waals surface area contributed by atoms with Crippen LogP contribution in [0.15, 0.2) is 47.4 Å². The second kappa shape index (κ2) is 9.03. The Hall–Kier alpha value is -2.71. The van der Waals surface area contributed by atoms with E-state index in [-0.39, 0.29) is 16.7 Å². The highest BCUT2D eigenvalue weighted by molar-refractivity contribution is 7.89. The van der Waals surface area contributed by atoms with E-state index in [1.54, 1.807) is 18.2 Å². The molecule has 170 valence electrons. The maximum absolute atomic E-state index is 13.0. The summed E-state index contributed by atoms with van der Waals surface area (Å²) < 4.78 is 27.4. The Kier molecular flexibility index (Phi) is 6.35. The van der Waals surface area contributed by atoms with E-state index in [9.17, 15) is 18.0 Å². The number of benzene rings is 2. The topological polar surface area (TPSA) is 86.8 Å². The van der Waals surface area contributed by atoms with E-state index in [4.69, 9.17) is 0 Å². The highest BCUT2D eigenvalue weighted by Crippen LogP contribution is 2.35. The lowest BCUT2D eigenvalue weighted by Gasteiger charge is -2.23. The smallest absolute Gasteiger partial charge is 0.243 e. The minimum Gasteiger partial charge on any atom is -0.354 e. The van der Waals surface area contributed by atoms with Crippen LogP contribution in [0, 0.1) is 6.92 Å². The van der Waals surface area contributed by atoms with Crippen molar-refractivity contribution in [1.29, 1.82) is 0 Å². The number of amides is 2. The molecule has 4 rings (SSSR count). The summed E-state index contributed by atoms with van der Waals surface area (Å²) in [6.07, 6.45) is 2.74. The molecule has 0 saturated carbocycles. The molecule has 8 heteroatoms. The minimum absolute atomic E-state index is 0.224. The predicted molar refractivity (Wildman–Crippen MR) is 123 cm³/mol. The quantitative estimate of drug-likeness (QED) is 0.725. The first-order valence-corrected chi connectivity index (χ1v) is 12.5. The Bertz CT molecular complexity index is 1140. The van der Waals surface area contributed by atoms with Gasteiger partial charge in [0.05, 0.1) is 4.90 Å². The molecular formula is C24H29N3O4S. The minimum atomic E-state index is -3.56. The third-order valence-corrected chi connectivity index (χ3v) is 8.23. The lowest BCUT2D eigenvalue weighted by molar-refractivity contribution is -0.125. The first-order valence-electron chi connectivity index (χ1n) is 11.0. The van der Waals surface area contributed by atoms with E-state index < -0.39 is 16.1 Å². The van der Waals surface area contributed by atoms with Crippen molar-refractivity contribution in [3.63, 3.8) is 0 Å². The normalized spacial score (nSPS) is 18.6. The van der Waals surface area contributed by atoms with E-state index in [2.05, 4.69) is 5.32 Å². The van der Waals surface area contributed by atoms with Gasteiger partial charge in [-0.2, -0.15) is 4.31 Å². The summed E-state index contributed by atoms with van der Waals surface area (Å²) in [6.45, 7) is 5.00. The molecule has 2 aliphatic rings. The summed E-state index contributed by atoms with van der Waals surface area (Å²) in [6, 6.07) is 12.2. The number of nitrogens with zero attached hydrogens (tertiary/aromatic N) is 2. The molecule has 2 aromatic rings. The van der Waals surface area contributed by atoms with Gasteiger partial charge in [-0.05, 0) is 61.1 Å². The highest BCUT2D eigenvalue weighted by atomic mass is 32.2. The van der Waals surface area contributed by atoms with Crippen LogP contribution >= 0.6 is 0 Å². The van der Waals surface area contributed by atoms with Gasteiger partial charge in [0.15, 0.2) is 0 Å². The van der Waals surface area contributed by atoms with Crippen molar-refractivity contribution in [3.05, 3.63) is 59.2 Å². The van der Waals surface area contributed by atoms with Gasteiger partial charge in [-0.25, -0.2) is 8.42 Å². The van der Waals surface area contributed by atoms with Crippen molar-refractivity contribution < 1.29 is 18.0 Å². The van der Waals surface area contributed by atoms with Crippen molar-refractivity contribution in [1.82, 2.24) is 9.62 Å². The van der Waals surface area contributed by atoms with Crippen molar-refractivity contribution in [2.45, 2.75) is 50.5 Å². The maximum atomic E-state index is 13.0. The Morgan fingerprint density at radius 1 is 1.09 bits per heavy atom. The largest absolute Gasteiger partial charge is 0.354 e. The molecule has 0 bridgehead atoms. The van der Waals surface area contributed by atoms with Gasteiger partial charge in [0.1, 0.15) is 6.04 Å². The second-order valence-electron chi connectivity index (χ2n) is 8.48. The molecular weight excluding hydrogens is 426 g/mol. The van der Waals surface area contributed by atoms with Crippen LogP contribution in [0.25, 0.3) is 0 Å². The number of carbonyl (C=O) groups is 2. The molecule has 0 aromatic heterocycles. The number of hydrogen-bond donors (Lipinski definition) is 1. The van der Waals surface area contributed by atoms with Gasteiger partial charge in [-0.15, -0.1) is 0 Å². The van der Waals surface area contributed by atoms with Crippen LogP contribution in [-0.4, -0.2) is 50.2 Å². The van der Waals surface area contributed by atoms with Gasteiger partial charge < -0.3 is 5.32 Å². The van der Waals surface area contributed by atoms with Gasteiger partial charge in [-0.1, -0.05) is 24.3 Å². The molecule has 32 heavy (non-hydrogen) atoms. The van der Waals surface area contributed by atoms with Crippen LogP contribution in [0.1, 0.15) is 36.5 Å².